The van der Waals surface area contributed by atoms with Crippen molar-refractivity contribution < 1.29 is 9.32 Å². The summed E-state index contributed by atoms with van der Waals surface area (Å²) in [6, 6.07) is 1.53. The summed E-state index contributed by atoms with van der Waals surface area (Å²) in [7, 11) is 0. The molecule has 4 rings (SSSR count). The van der Waals surface area contributed by atoms with Crippen molar-refractivity contribution in [2.24, 2.45) is 0 Å². The van der Waals surface area contributed by atoms with Gasteiger partial charge in [-0.05, 0) is 46.2 Å². The smallest absolute Gasteiger partial charge is 0.242 e. The molecule has 8 heteroatoms. The molecule has 0 aliphatic carbocycles. The van der Waals surface area contributed by atoms with Gasteiger partial charge in [-0.1, -0.05) is 5.16 Å². The Labute approximate surface area is 146 Å². The topological polar surface area (TPSA) is 89.1 Å². The number of piperidine rings is 1. The van der Waals surface area contributed by atoms with Crippen molar-refractivity contribution in [3.05, 3.63) is 23.5 Å². The molecule has 0 spiro atoms. The van der Waals surface area contributed by atoms with Crippen LogP contribution in [0.3, 0.4) is 0 Å². The minimum atomic E-state index is -0.193. The van der Waals surface area contributed by atoms with Crippen molar-refractivity contribution in [2.75, 3.05) is 18.4 Å². The summed E-state index contributed by atoms with van der Waals surface area (Å²) in [4.78, 5) is 14.6. The zero-order valence-electron chi connectivity index (χ0n) is 14.7. The van der Waals surface area contributed by atoms with Crippen LogP contribution in [0, 0.1) is 6.92 Å². The minimum absolute atomic E-state index is 0.0462. The minimum Gasteiger partial charge on any atom is -0.360 e. The first-order chi connectivity index (χ1) is 12.1. The second-order valence-corrected chi connectivity index (χ2v) is 7.03. The maximum atomic E-state index is 12.4. The van der Waals surface area contributed by atoms with E-state index in [1.165, 1.54) is 6.42 Å². The Balaban J connectivity index is 1.34. The molecule has 1 N–H and O–H groups in total. The lowest BCUT2D eigenvalue weighted by molar-refractivity contribution is -0.121. The van der Waals surface area contributed by atoms with Crippen molar-refractivity contribution in [2.45, 2.75) is 58.0 Å². The number of amides is 1. The van der Waals surface area contributed by atoms with Gasteiger partial charge >= 0.3 is 0 Å². The van der Waals surface area contributed by atoms with Crippen molar-refractivity contribution in [3.8, 4) is 0 Å². The number of nitrogens with zero attached hydrogens (tertiary/aromatic N) is 5. The van der Waals surface area contributed by atoms with Crippen molar-refractivity contribution in [3.63, 3.8) is 0 Å². The highest BCUT2D eigenvalue weighted by atomic mass is 16.5. The van der Waals surface area contributed by atoms with Crippen LogP contribution in [0.1, 0.15) is 49.5 Å². The molecule has 8 nitrogen and oxygen atoms in total. The van der Waals surface area contributed by atoms with E-state index in [-0.39, 0.29) is 11.9 Å². The third-order valence-electron chi connectivity index (χ3n) is 5.34. The third kappa shape index (κ3) is 3.18. The molecule has 1 amide bonds. The monoisotopic (exact) mass is 344 g/mol. The maximum Gasteiger partial charge on any atom is 0.242 e. The Morgan fingerprint density at radius 3 is 2.84 bits per heavy atom. The Bertz CT molecular complexity index is 759. The number of rotatable bonds is 4. The van der Waals surface area contributed by atoms with Gasteiger partial charge in [0.15, 0.2) is 5.82 Å². The summed E-state index contributed by atoms with van der Waals surface area (Å²) in [6.07, 6.45) is 4.25. The van der Waals surface area contributed by atoms with Crippen LogP contribution >= 0.6 is 0 Å². The zero-order valence-corrected chi connectivity index (χ0v) is 14.7. The Morgan fingerprint density at radius 2 is 2.12 bits per heavy atom. The van der Waals surface area contributed by atoms with Gasteiger partial charge in [-0.25, -0.2) is 0 Å². The Hall–Kier alpha value is -2.22. The molecule has 2 aromatic rings. The number of nitrogens with one attached hydrogen (secondary N) is 1. The molecule has 0 bridgehead atoms. The van der Waals surface area contributed by atoms with E-state index in [0.717, 1.165) is 50.5 Å². The van der Waals surface area contributed by atoms with Crippen LogP contribution in [0.2, 0.25) is 0 Å². The molecule has 4 heterocycles. The van der Waals surface area contributed by atoms with Gasteiger partial charge < -0.3 is 14.4 Å². The second kappa shape index (κ2) is 6.59. The Morgan fingerprint density at radius 1 is 1.32 bits per heavy atom. The number of fused-ring (bicyclic) bond motifs is 1. The third-order valence-corrected chi connectivity index (χ3v) is 5.34. The summed E-state index contributed by atoms with van der Waals surface area (Å²) in [5.41, 5.74) is 0. The van der Waals surface area contributed by atoms with Crippen LogP contribution in [0.4, 0.5) is 5.82 Å². The number of carbonyl (C=O) groups is 1. The molecular weight excluding hydrogens is 320 g/mol. The molecule has 134 valence electrons. The van der Waals surface area contributed by atoms with Crippen molar-refractivity contribution in [1.82, 2.24) is 24.8 Å². The lowest BCUT2D eigenvalue weighted by Crippen LogP contribution is -2.46. The largest absolute Gasteiger partial charge is 0.360 e. The molecule has 0 aromatic carbocycles. The molecule has 1 saturated heterocycles. The number of anilines is 1. The Kier molecular flexibility index (Phi) is 4.29. The van der Waals surface area contributed by atoms with Gasteiger partial charge in [0.05, 0.1) is 6.04 Å². The van der Waals surface area contributed by atoms with Crippen LogP contribution in [0.5, 0.6) is 0 Å². The number of aryl methyl sites for hydroxylation is 2. The van der Waals surface area contributed by atoms with E-state index < -0.39 is 0 Å². The average molecular weight is 344 g/mol. The first kappa shape index (κ1) is 16.3. The van der Waals surface area contributed by atoms with Crippen LogP contribution in [0.25, 0.3) is 0 Å². The molecule has 25 heavy (non-hydrogen) atoms. The van der Waals surface area contributed by atoms with Gasteiger partial charge in [0.1, 0.15) is 17.4 Å². The van der Waals surface area contributed by atoms with E-state index in [1.807, 2.05) is 6.92 Å². The molecule has 1 atom stereocenters. The van der Waals surface area contributed by atoms with E-state index in [2.05, 4.69) is 30.1 Å². The van der Waals surface area contributed by atoms with Gasteiger partial charge in [0, 0.05) is 24.9 Å². The fourth-order valence-electron chi connectivity index (χ4n) is 3.84. The van der Waals surface area contributed by atoms with Crippen LogP contribution < -0.4 is 5.32 Å². The molecular formula is C17H24N6O2. The summed E-state index contributed by atoms with van der Waals surface area (Å²) in [5, 5.41) is 15.4. The molecule has 0 saturated carbocycles. The van der Waals surface area contributed by atoms with Gasteiger partial charge in [-0.2, -0.15) is 0 Å². The normalized spacial score (nSPS) is 19.8. The number of hydrogen-bond donors (Lipinski definition) is 1. The zero-order chi connectivity index (χ0) is 17.4. The lowest BCUT2D eigenvalue weighted by Gasteiger charge is -2.34. The van der Waals surface area contributed by atoms with Crippen molar-refractivity contribution >= 4 is 11.7 Å². The molecule has 2 aliphatic heterocycles. The predicted octanol–water partition coefficient (Wildman–Crippen LogP) is 1.73. The summed E-state index contributed by atoms with van der Waals surface area (Å²) < 4.78 is 7.28. The van der Waals surface area contributed by atoms with Crippen LogP contribution in [-0.2, 0) is 17.8 Å². The SMILES string of the molecule is Cc1cc(NC(=O)[C@H](C)N2CCC(c3nnc4n3CCC4)CC2)no1. The second-order valence-electron chi connectivity index (χ2n) is 7.03. The van der Waals surface area contributed by atoms with Crippen LogP contribution in [0.15, 0.2) is 10.6 Å². The number of aromatic nitrogens is 4. The van der Waals surface area contributed by atoms with E-state index >= 15 is 0 Å². The quantitative estimate of drug-likeness (QED) is 0.908. The van der Waals surface area contributed by atoms with Crippen molar-refractivity contribution in [1.29, 1.82) is 0 Å². The van der Waals surface area contributed by atoms with Gasteiger partial charge in [-0.3, -0.25) is 9.69 Å². The summed E-state index contributed by atoms with van der Waals surface area (Å²) in [6.45, 7) is 6.57. The fraction of sp³-hybridized carbons (Fsp3) is 0.647. The van der Waals surface area contributed by atoms with Gasteiger partial charge in [0.2, 0.25) is 5.91 Å². The molecule has 1 fully saturated rings. The number of carbonyl (C=O) groups excluding carboxylic acids is 1. The average Bonchev–Trinajstić information content (AvgIpc) is 3.31. The highest BCUT2D eigenvalue weighted by Crippen LogP contribution is 2.30. The predicted molar refractivity (Wildman–Crippen MR) is 91.2 cm³/mol. The van der Waals surface area contributed by atoms with E-state index in [1.54, 1.807) is 13.0 Å². The van der Waals surface area contributed by atoms with Gasteiger partial charge in [-0.15, -0.1) is 10.2 Å². The van der Waals surface area contributed by atoms with Gasteiger partial charge in [0.25, 0.3) is 0 Å². The van der Waals surface area contributed by atoms with E-state index in [4.69, 9.17) is 4.52 Å². The molecule has 0 radical (unpaired) electrons. The molecule has 2 aliphatic rings. The first-order valence-corrected chi connectivity index (χ1v) is 9.02. The van der Waals surface area contributed by atoms with Crippen LogP contribution in [-0.4, -0.2) is 49.9 Å². The molecule has 2 aromatic heterocycles. The number of hydrogen-bond acceptors (Lipinski definition) is 6. The number of likely N-dealkylation sites (tertiary alicyclic amines) is 1. The fourth-order valence-corrected chi connectivity index (χ4v) is 3.84. The lowest BCUT2D eigenvalue weighted by atomic mass is 9.95. The highest BCUT2D eigenvalue weighted by molar-refractivity contribution is 5.93. The summed E-state index contributed by atoms with van der Waals surface area (Å²) in [5.74, 6) is 3.84. The van der Waals surface area contributed by atoms with E-state index in [9.17, 15) is 4.79 Å². The standard InChI is InChI=1S/C17H24N6O2/c1-11-10-14(21-25-11)18-17(24)12(2)22-8-5-13(6-9-22)16-20-19-15-4-3-7-23(15)16/h10,12-13H,3-9H2,1-2H3,(H,18,21,24)/t12-/m0/s1. The first-order valence-electron chi connectivity index (χ1n) is 9.02. The van der Waals surface area contributed by atoms with E-state index in [0.29, 0.717) is 17.5 Å². The summed E-state index contributed by atoms with van der Waals surface area (Å²) >= 11 is 0. The highest BCUT2D eigenvalue weighted by Gasteiger charge is 2.31. The molecule has 0 unspecified atom stereocenters. The maximum absolute atomic E-state index is 12.4.